The zero-order chi connectivity index (χ0) is 21.7. The lowest BCUT2D eigenvalue weighted by Crippen LogP contribution is -2.31. The van der Waals surface area contributed by atoms with Crippen LogP contribution >= 0.6 is 0 Å². The normalized spacial score (nSPS) is 13.4. The van der Waals surface area contributed by atoms with Crippen LogP contribution in [0, 0.1) is 10.1 Å². The van der Waals surface area contributed by atoms with Gasteiger partial charge in [0.05, 0.1) is 11.5 Å². The number of hydrogen-bond donors (Lipinski definition) is 1. The fraction of sp³-hybridized carbons (Fsp3) is 0.143. The van der Waals surface area contributed by atoms with Crippen LogP contribution in [-0.2, 0) is 13.0 Å². The van der Waals surface area contributed by atoms with Crippen LogP contribution in [0.3, 0.4) is 0 Å². The standard InChI is InChI=1S/C21H15N7O4/c29-28(30)19-20(27-8-7-14-13-3-1-2-4-15(13)24-18(14)10-27)22-11-23-21(19)31-12-5-6-16-17(9-12)26-32-25-16/h1-6,9,11,24H,7-8,10H2. The van der Waals surface area contributed by atoms with Crippen molar-refractivity contribution in [3.05, 3.63) is 70.2 Å². The van der Waals surface area contributed by atoms with Crippen LogP contribution in [-0.4, -0.2) is 36.7 Å². The Morgan fingerprint density at radius 2 is 2.00 bits per heavy atom. The Morgan fingerprint density at radius 1 is 1.12 bits per heavy atom. The zero-order valence-electron chi connectivity index (χ0n) is 16.6. The molecule has 1 N–H and O–H groups in total. The van der Waals surface area contributed by atoms with E-state index in [0.717, 1.165) is 17.6 Å². The first-order valence-corrected chi connectivity index (χ1v) is 9.90. The highest BCUT2D eigenvalue weighted by Crippen LogP contribution is 2.38. The van der Waals surface area contributed by atoms with Crippen LogP contribution in [0.5, 0.6) is 11.6 Å². The Kier molecular flexibility index (Phi) is 4.00. The minimum absolute atomic E-state index is 0.141. The minimum Gasteiger partial charge on any atom is -0.433 e. The maximum absolute atomic E-state index is 12.0. The number of benzene rings is 2. The van der Waals surface area contributed by atoms with Crippen molar-refractivity contribution in [1.29, 1.82) is 0 Å². The second-order valence-corrected chi connectivity index (χ2v) is 7.42. The molecular formula is C21H15N7O4. The van der Waals surface area contributed by atoms with Crippen molar-refractivity contribution in [3.63, 3.8) is 0 Å². The summed E-state index contributed by atoms with van der Waals surface area (Å²) in [6, 6.07) is 12.9. The summed E-state index contributed by atoms with van der Waals surface area (Å²) in [5.74, 6) is 0.407. The molecule has 0 spiro atoms. The van der Waals surface area contributed by atoms with E-state index < -0.39 is 4.92 Å². The van der Waals surface area contributed by atoms with E-state index >= 15 is 0 Å². The van der Waals surface area contributed by atoms with Crippen molar-refractivity contribution >= 4 is 33.4 Å². The van der Waals surface area contributed by atoms with Crippen molar-refractivity contribution in [2.75, 3.05) is 11.4 Å². The lowest BCUT2D eigenvalue weighted by molar-refractivity contribution is -0.385. The molecular weight excluding hydrogens is 414 g/mol. The molecule has 4 heterocycles. The van der Waals surface area contributed by atoms with E-state index in [-0.39, 0.29) is 17.4 Å². The molecule has 0 saturated carbocycles. The third-order valence-electron chi connectivity index (χ3n) is 5.57. The Hall–Kier alpha value is -4.54. The van der Waals surface area contributed by atoms with Gasteiger partial charge in [0.2, 0.25) is 5.82 Å². The van der Waals surface area contributed by atoms with Crippen molar-refractivity contribution in [1.82, 2.24) is 25.3 Å². The summed E-state index contributed by atoms with van der Waals surface area (Å²) < 4.78 is 10.4. The van der Waals surface area contributed by atoms with Crippen LogP contribution < -0.4 is 9.64 Å². The van der Waals surface area contributed by atoms with Crippen LogP contribution in [0.15, 0.2) is 53.4 Å². The lowest BCUT2D eigenvalue weighted by atomic mass is 10.0. The Labute approximate surface area is 179 Å². The van der Waals surface area contributed by atoms with Gasteiger partial charge in [-0.2, -0.15) is 4.98 Å². The number of hydrogen-bond acceptors (Lipinski definition) is 9. The molecule has 32 heavy (non-hydrogen) atoms. The number of nitrogens with zero attached hydrogens (tertiary/aromatic N) is 6. The molecule has 0 saturated heterocycles. The number of para-hydroxylation sites is 1. The second kappa shape index (κ2) is 7.01. The molecule has 11 heteroatoms. The molecule has 2 aromatic carbocycles. The predicted molar refractivity (Wildman–Crippen MR) is 114 cm³/mol. The van der Waals surface area contributed by atoms with Gasteiger partial charge in [-0.15, -0.1) is 0 Å². The van der Waals surface area contributed by atoms with E-state index in [1.54, 1.807) is 18.2 Å². The molecule has 0 aliphatic carbocycles. The number of anilines is 1. The summed E-state index contributed by atoms with van der Waals surface area (Å²) in [6.07, 6.45) is 2.01. The molecule has 0 fully saturated rings. The van der Waals surface area contributed by atoms with Gasteiger partial charge in [0.15, 0.2) is 0 Å². The average molecular weight is 429 g/mol. The molecule has 1 aliphatic rings. The molecule has 0 unspecified atom stereocenters. The van der Waals surface area contributed by atoms with Gasteiger partial charge in [-0.3, -0.25) is 10.1 Å². The van der Waals surface area contributed by atoms with E-state index in [9.17, 15) is 10.1 Å². The Balaban J connectivity index is 1.37. The maximum Gasteiger partial charge on any atom is 0.373 e. The van der Waals surface area contributed by atoms with Crippen molar-refractivity contribution in [2.45, 2.75) is 13.0 Å². The smallest absolute Gasteiger partial charge is 0.373 e. The van der Waals surface area contributed by atoms with Crippen molar-refractivity contribution in [3.8, 4) is 11.6 Å². The molecule has 6 rings (SSSR count). The largest absolute Gasteiger partial charge is 0.433 e. The minimum atomic E-state index is -0.512. The van der Waals surface area contributed by atoms with Crippen LogP contribution in [0.2, 0.25) is 0 Å². The first-order valence-electron chi connectivity index (χ1n) is 9.90. The molecule has 0 bridgehead atoms. The van der Waals surface area contributed by atoms with Crippen molar-refractivity contribution in [2.24, 2.45) is 0 Å². The second-order valence-electron chi connectivity index (χ2n) is 7.42. The molecule has 0 radical (unpaired) electrons. The number of nitro groups is 1. The van der Waals surface area contributed by atoms with E-state index in [1.807, 2.05) is 23.1 Å². The Morgan fingerprint density at radius 3 is 2.91 bits per heavy atom. The summed E-state index contributed by atoms with van der Waals surface area (Å²) in [5, 5.41) is 20.7. The summed E-state index contributed by atoms with van der Waals surface area (Å²) in [5.41, 5.74) is 4.06. The van der Waals surface area contributed by atoms with Crippen LogP contribution in [0.4, 0.5) is 11.5 Å². The SMILES string of the molecule is O=[N+]([O-])c1c(Oc2ccc3nonc3c2)ncnc1N1CCc2c([nH]c3ccccc23)C1. The highest BCUT2D eigenvalue weighted by Gasteiger charge is 2.31. The van der Waals surface area contributed by atoms with Gasteiger partial charge in [0, 0.05) is 29.2 Å². The Bertz CT molecular complexity index is 1490. The number of ether oxygens (including phenoxy) is 1. The lowest BCUT2D eigenvalue weighted by Gasteiger charge is -2.27. The fourth-order valence-corrected chi connectivity index (χ4v) is 4.13. The van der Waals surface area contributed by atoms with Gasteiger partial charge in [-0.25, -0.2) is 9.61 Å². The van der Waals surface area contributed by atoms with Gasteiger partial charge >= 0.3 is 11.6 Å². The predicted octanol–water partition coefficient (Wildman–Crippen LogP) is 3.76. The van der Waals surface area contributed by atoms with Gasteiger partial charge in [-0.1, -0.05) is 18.2 Å². The van der Waals surface area contributed by atoms with E-state index in [1.165, 1.54) is 17.3 Å². The third-order valence-corrected chi connectivity index (χ3v) is 5.57. The highest BCUT2D eigenvalue weighted by atomic mass is 16.6. The first kappa shape index (κ1) is 18.2. The average Bonchev–Trinajstić information content (AvgIpc) is 3.42. The number of aromatic amines is 1. The number of nitrogens with one attached hydrogen (secondary N) is 1. The zero-order valence-corrected chi connectivity index (χ0v) is 16.6. The highest BCUT2D eigenvalue weighted by molar-refractivity contribution is 5.85. The molecule has 11 nitrogen and oxygen atoms in total. The van der Waals surface area contributed by atoms with Gasteiger partial charge in [-0.05, 0) is 40.5 Å². The van der Waals surface area contributed by atoms with Gasteiger partial charge in [0.1, 0.15) is 23.1 Å². The molecule has 1 aliphatic heterocycles. The van der Waals surface area contributed by atoms with Crippen LogP contribution in [0.25, 0.3) is 21.9 Å². The third kappa shape index (κ3) is 2.90. The fourth-order valence-electron chi connectivity index (χ4n) is 4.13. The van der Waals surface area contributed by atoms with Crippen molar-refractivity contribution < 1.29 is 14.3 Å². The monoisotopic (exact) mass is 429 g/mol. The molecule has 0 amide bonds. The summed E-state index contributed by atoms with van der Waals surface area (Å²) >= 11 is 0. The quantitative estimate of drug-likeness (QED) is 0.334. The molecule has 5 aromatic rings. The number of aromatic nitrogens is 5. The molecule has 158 valence electrons. The first-order chi connectivity index (χ1) is 15.7. The van der Waals surface area contributed by atoms with Crippen LogP contribution in [0.1, 0.15) is 11.3 Å². The topological polar surface area (TPSA) is 136 Å². The van der Waals surface area contributed by atoms with Gasteiger partial charge in [0.25, 0.3) is 0 Å². The molecule has 0 atom stereocenters. The summed E-state index contributed by atoms with van der Waals surface area (Å²) in [4.78, 5) is 25.1. The molecule has 3 aromatic heterocycles. The van der Waals surface area contributed by atoms with E-state index in [0.29, 0.717) is 29.9 Å². The summed E-state index contributed by atoms with van der Waals surface area (Å²) in [7, 11) is 0. The van der Waals surface area contributed by atoms with Gasteiger partial charge < -0.3 is 14.6 Å². The number of fused-ring (bicyclic) bond motifs is 4. The summed E-state index contributed by atoms with van der Waals surface area (Å²) in [6.45, 7) is 1.06. The van der Waals surface area contributed by atoms with E-state index in [4.69, 9.17) is 4.74 Å². The number of H-pyrrole nitrogens is 1. The number of rotatable bonds is 4. The van der Waals surface area contributed by atoms with E-state index in [2.05, 4.69) is 36.0 Å². The maximum atomic E-state index is 12.0.